The van der Waals surface area contributed by atoms with Crippen molar-refractivity contribution in [2.24, 2.45) is 5.14 Å². The van der Waals surface area contributed by atoms with E-state index in [0.29, 0.717) is 5.56 Å². The third-order valence-corrected chi connectivity index (χ3v) is 6.34. The molecule has 0 bridgehead atoms. The Morgan fingerprint density at radius 1 is 0.970 bits per heavy atom. The van der Waals surface area contributed by atoms with Crippen LogP contribution in [-0.2, 0) is 19.6 Å². The van der Waals surface area contributed by atoms with E-state index in [9.17, 15) is 27.5 Å². The summed E-state index contributed by atoms with van der Waals surface area (Å²) in [5.74, 6) is -3.09. The zero-order valence-corrected chi connectivity index (χ0v) is 18.2. The lowest BCUT2D eigenvalue weighted by Gasteiger charge is -2.25. The molecule has 0 radical (unpaired) electrons. The zero-order valence-electron chi connectivity index (χ0n) is 17.4. The number of halogens is 1. The number of carbonyl (C=O) groups excluding carboxylic acids is 2. The predicted octanol–water partition coefficient (Wildman–Crippen LogP) is 3.41. The Balaban J connectivity index is 1.94. The van der Waals surface area contributed by atoms with E-state index < -0.39 is 39.3 Å². The summed E-state index contributed by atoms with van der Waals surface area (Å²) in [6, 6.07) is 16.0. The molecule has 0 saturated carbocycles. The van der Waals surface area contributed by atoms with Gasteiger partial charge in [-0.3, -0.25) is 14.5 Å². The Hall–Kier alpha value is -3.82. The van der Waals surface area contributed by atoms with Gasteiger partial charge in [-0.1, -0.05) is 48.0 Å². The number of benzene rings is 3. The maximum atomic E-state index is 14.8. The number of rotatable bonds is 4. The van der Waals surface area contributed by atoms with E-state index in [4.69, 9.17) is 5.14 Å². The number of amides is 1. The number of nitrogens with zero attached hydrogens (tertiary/aromatic N) is 1. The van der Waals surface area contributed by atoms with E-state index in [2.05, 4.69) is 0 Å². The first kappa shape index (κ1) is 22.4. The number of anilines is 1. The molecule has 3 aromatic rings. The minimum atomic E-state index is -3.98. The first-order chi connectivity index (χ1) is 15.6. The maximum absolute atomic E-state index is 14.8. The Bertz CT molecular complexity index is 1400. The number of nitrogens with two attached hydrogens (primary N) is 1. The summed E-state index contributed by atoms with van der Waals surface area (Å²) in [6.07, 6.45) is 0. The molecule has 1 fully saturated rings. The van der Waals surface area contributed by atoms with Crippen molar-refractivity contribution >= 4 is 33.2 Å². The maximum Gasteiger partial charge on any atom is 0.300 e. The molecule has 1 aliphatic heterocycles. The molecule has 1 saturated heterocycles. The molecule has 0 aliphatic carbocycles. The molecule has 3 N–H and O–H groups in total. The van der Waals surface area contributed by atoms with Gasteiger partial charge in [-0.25, -0.2) is 17.9 Å². The summed E-state index contributed by atoms with van der Waals surface area (Å²) in [5.41, 5.74) is 1.09. The molecule has 0 unspecified atom stereocenters. The van der Waals surface area contributed by atoms with Gasteiger partial charge in [-0.05, 0) is 37.3 Å². The van der Waals surface area contributed by atoms with Crippen LogP contribution in [0.25, 0.3) is 5.76 Å². The van der Waals surface area contributed by atoms with Crippen molar-refractivity contribution < 1.29 is 27.5 Å². The number of aryl methyl sites for hydroxylation is 1. The molecule has 33 heavy (non-hydrogen) atoms. The Morgan fingerprint density at radius 2 is 1.58 bits per heavy atom. The largest absolute Gasteiger partial charge is 0.507 e. The van der Waals surface area contributed by atoms with E-state index in [1.165, 1.54) is 42.5 Å². The SMILES string of the molecule is Cc1ccc(/C(O)=C2\C(=O)C(=O)N(c3ccc(S(N)(=O)=O)cc3)[C@H]2c2ccccc2F)cc1. The number of aliphatic hydroxyl groups is 1. The highest BCUT2D eigenvalue weighted by atomic mass is 32.2. The Morgan fingerprint density at radius 3 is 2.15 bits per heavy atom. The number of ketones is 1. The van der Waals surface area contributed by atoms with Crippen molar-refractivity contribution in [1.82, 2.24) is 0 Å². The molecule has 1 heterocycles. The molecule has 4 rings (SSSR count). The van der Waals surface area contributed by atoms with Crippen molar-refractivity contribution in [2.75, 3.05) is 4.90 Å². The number of aliphatic hydroxyl groups excluding tert-OH is 1. The van der Waals surface area contributed by atoms with Gasteiger partial charge < -0.3 is 5.11 Å². The number of primary sulfonamides is 1. The molecule has 7 nitrogen and oxygen atoms in total. The highest BCUT2D eigenvalue weighted by Crippen LogP contribution is 2.43. The summed E-state index contributed by atoms with van der Waals surface area (Å²) in [7, 11) is -3.98. The van der Waals surface area contributed by atoms with Crippen LogP contribution in [0.5, 0.6) is 0 Å². The van der Waals surface area contributed by atoms with E-state index in [0.717, 1.165) is 10.5 Å². The van der Waals surface area contributed by atoms with Crippen molar-refractivity contribution in [3.8, 4) is 0 Å². The minimum absolute atomic E-state index is 0.000819. The number of Topliss-reactive ketones (excluding diaryl/α,β-unsaturated/α-hetero) is 1. The number of hydrogen-bond donors (Lipinski definition) is 2. The summed E-state index contributed by atoms with van der Waals surface area (Å²) in [6.45, 7) is 1.85. The Kier molecular flexibility index (Phi) is 5.61. The molecule has 1 aliphatic rings. The van der Waals surface area contributed by atoms with Crippen LogP contribution in [0.1, 0.15) is 22.7 Å². The second kappa shape index (κ2) is 8.27. The number of carbonyl (C=O) groups is 2. The summed E-state index contributed by atoms with van der Waals surface area (Å²) < 4.78 is 38.0. The van der Waals surface area contributed by atoms with Gasteiger partial charge in [0.25, 0.3) is 11.7 Å². The molecular formula is C24H19FN2O5S. The predicted molar refractivity (Wildman–Crippen MR) is 120 cm³/mol. The third-order valence-electron chi connectivity index (χ3n) is 5.41. The topological polar surface area (TPSA) is 118 Å². The van der Waals surface area contributed by atoms with Crippen molar-refractivity contribution in [3.05, 3.63) is 101 Å². The monoisotopic (exact) mass is 466 g/mol. The Labute approximate surface area is 189 Å². The zero-order chi connectivity index (χ0) is 23.9. The molecule has 168 valence electrons. The second-order valence-corrected chi connectivity index (χ2v) is 9.16. The average molecular weight is 466 g/mol. The molecule has 1 atom stereocenters. The standard InChI is InChI=1S/C24H19FN2O5S/c1-14-6-8-15(9-7-14)22(28)20-21(18-4-2-3-5-19(18)25)27(24(30)23(20)29)16-10-12-17(13-11-16)33(26,31)32/h2-13,21,28H,1H3,(H2,26,31,32)/b22-20+/t21-/m0/s1. The van der Waals surface area contributed by atoms with E-state index in [-0.39, 0.29) is 21.7 Å². The number of sulfonamides is 1. The minimum Gasteiger partial charge on any atom is -0.507 e. The van der Waals surface area contributed by atoms with Crippen molar-refractivity contribution in [3.63, 3.8) is 0 Å². The molecule has 3 aromatic carbocycles. The fraction of sp³-hybridized carbons (Fsp3) is 0.0833. The molecule has 0 spiro atoms. The quantitative estimate of drug-likeness (QED) is 0.347. The highest BCUT2D eigenvalue weighted by Gasteiger charge is 2.47. The van der Waals surface area contributed by atoms with Crippen molar-refractivity contribution in [2.45, 2.75) is 17.9 Å². The van der Waals surface area contributed by atoms with Gasteiger partial charge in [-0.15, -0.1) is 0 Å². The third kappa shape index (κ3) is 4.04. The van der Waals surface area contributed by atoms with Crippen LogP contribution in [0.15, 0.2) is 83.3 Å². The van der Waals surface area contributed by atoms with Crippen LogP contribution in [0.4, 0.5) is 10.1 Å². The van der Waals surface area contributed by atoms with Gasteiger partial charge in [0.2, 0.25) is 10.0 Å². The van der Waals surface area contributed by atoms with Crippen LogP contribution in [0, 0.1) is 12.7 Å². The van der Waals surface area contributed by atoms with Gasteiger partial charge in [0, 0.05) is 16.8 Å². The van der Waals surface area contributed by atoms with Gasteiger partial charge >= 0.3 is 0 Å². The highest BCUT2D eigenvalue weighted by molar-refractivity contribution is 7.89. The van der Waals surface area contributed by atoms with Crippen LogP contribution in [-0.4, -0.2) is 25.2 Å². The summed E-state index contributed by atoms with van der Waals surface area (Å²) in [5, 5.41) is 16.1. The van der Waals surface area contributed by atoms with Crippen molar-refractivity contribution in [1.29, 1.82) is 0 Å². The lowest BCUT2D eigenvalue weighted by Crippen LogP contribution is -2.30. The lowest BCUT2D eigenvalue weighted by molar-refractivity contribution is -0.132. The molecular weight excluding hydrogens is 447 g/mol. The fourth-order valence-corrected chi connectivity index (χ4v) is 4.27. The normalized spacial score (nSPS) is 18.0. The van der Waals surface area contributed by atoms with Gasteiger partial charge in [-0.2, -0.15) is 0 Å². The summed E-state index contributed by atoms with van der Waals surface area (Å²) >= 11 is 0. The van der Waals surface area contributed by atoms with E-state index in [1.807, 2.05) is 6.92 Å². The van der Waals surface area contributed by atoms with Gasteiger partial charge in [0.15, 0.2) is 0 Å². The first-order valence-corrected chi connectivity index (χ1v) is 11.4. The smallest absolute Gasteiger partial charge is 0.300 e. The second-order valence-electron chi connectivity index (χ2n) is 7.60. The van der Waals surface area contributed by atoms with Crippen LogP contribution in [0.3, 0.4) is 0 Å². The van der Waals surface area contributed by atoms with E-state index in [1.54, 1.807) is 30.3 Å². The fourth-order valence-electron chi connectivity index (χ4n) is 3.75. The molecule has 9 heteroatoms. The lowest BCUT2D eigenvalue weighted by atomic mass is 9.94. The summed E-state index contributed by atoms with van der Waals surface area (Å²) in [4.78, 5) is 26.9. The molecule has 1 amide bonds. The van der Waals surface area contributed by atoms with Crippen LogP contribution < -0.4 is 10.0 Å². The van der Waals surface area contributed by atoms with E-state index >= 15 is 0 Å². The molecule has 0 aromatic heterocycles. The van der Waals surface area contributed by atoms with Crippen LogP contribution in [0.2, 0.25) is 0 Å². The van der Waals surface area contributed by atoms with Gasteiger partial charge in [0.1, 0.15) is 11.6 Å². The first-order valence-electron chi connectivity index (χ1n) is 9.85. The average Bonchev–Trinajstić information content (AvgIpc) is 3.04. The van der Waals surface area contributed by atoms with Gasteiger partial charge in [0.05, 0.1) is 16.5 Å². The van der Waals surface area contributed by atoms with Crippen LogP contribution >= 0.6 is 0 Å². The number of hydrogen-bond acceptors (Lipinski definition) is 5.